The Morgan fingerprint density at radius 2 is 2.17 bits per heavy atom. The predicted octanol–water partition coefficient (Wildman–Crippen LogP) is 3.21. The lowest BCUT2D eigenvalue weighted by Gasteiger charge is -2.19. The molecule has 2 nitrogen and oxygen atoms in total. The Hall–Kier alpha value is -0.740. The van der Waals surface area contributed by atoms with Crippen molar-refractivity contribution in [3.05, 3.63) is 23.3 Å². The number of allylic oxidation sites excluding steroid dienone is 2. The molecule has 0 aromatic heterocycles. The van der Waals surface area contributed by atoms with Gasteiger partial charge in [-0.3, -0.25) is 4.90 Å². The minimum absolute atomic E-state index is 0.189. The topological polar surface area (TPSA) is 12.5 Å². The van der Waals surface area contributed by atoms with Crippen LogP contribution in [0.3, 0.4) is 0 Å². The maximum Gasteiger partial charge on any atom is 0.126 e. The summed E-state index contributed by atoms with van der Waals surface area (Å²) >= 11 is 0. The van der Waals surface area contributed by atoms with Crippen molar-refractivity contribution in [1.82, 2.24) is 4.90 Å². The van der Waals surface area contributed by atoms with Crippen molar-refractivity contribution in [2.24, 2.45) is 5.92 Å². The van der Waals surface area contributed by atoms with E-state index in [1.54, 1.807) is 0 Å². The zero-order valence-electron chi connectivity index (χ0n) is 11.1. The molecule has 1 aliphatic heterocycles. The van der Waals surface area contributed by atoms with Crippen LogP contribution in [0.5, 0.6) is 0 Å². The monoisotopic (exact) mass is 257 g/mol. The van der Waals surface area contributed by atoms with Gasteiger partial charge < -0.3 is 4.74 Å². The van der Waals surface area contributed by atoms with Crippen molar-refractivity contribution in [3.8, 4) is 0 Å². The molecule has 2 rings (SSSR count). The number of hydrogen-bond acceptors (Lipinski definition) is 2. The molecule has 0 spiro atoms. The van der Waals surface area contributed by atoms with Gasteiger partial charge in [-0.15, -0.1) is 0 Å². The van der Waals surface area contributed by atoms with Crippen molar-refractivity contribution in [3.63, 3.8) is 0 Å². The van der Waals surface area contributed by atoms with Gasteiger partial charge >= 0.3 is 0 Å². The van der Waals surface area contributed by atoms with E-state index in [1.807, 2.05) is 6.92 Å². The van der Waals surface area contributed by atoms with E-state index >= 15 is 0 Å². The Bertz CT molecular complexity index is 365. The van der Waals surface area contributed by atoms with Crippen LogP contribution in [0.25, 0.3) is 0 Å². The highest BCUT2D eigenvalue weighted by Crippen LogP contribution is 2.29. The maximum atomic E-state index is 13.6. The van der Waals surface area contributed by atoms with E-state index < -0.39 is 0 Å². The normalized spacial score (nSPS) is 29.9. The molecule has 0 aromatic carbocycles. The smallest absolute Gasteiger partial charge is 0.126 e. The van der Waals surface area contributed by atoms with Gasteiger partial charge in [-0.2, -0.15) is 0 Å². The quantitative estimate of drug-likeness (QED) is 0.766. The van der Waals surface area contributed by atoms with Gasteiger partial charge in [0.25, 0.3) is 0 Å². The summed E-state index contributed by atoms with van der Waals surface area (Å²) < 4.78 is 32.9. The Kier molecular flexibility index (Phi) is 4.51. The molecule has 2 atom stereocenters. The SMILES string of the molecule is CCOC1CN(CC2=C(F)CCC=C2F)CC1C. The molecule has 1 aliphatic carbocycles. The second kappa shape index (κ2) is 5.93. The first-order valence-corrected chi connectivity index (χ1v) is 6.69. The lowest BCUT2D eigenvalue weighted by Crippen LogP contribution is -2.26. The molecule has 1 fully saturated rings. The molecule has 0 saturated carbocycles. The summed E-state index contributed by atoms with van der Waals surface area (Å²) in [6, 6.07) is 0. The van der Waals surface area contributed by atoms with E-state index in [0.29, 0.717) is 31.9 Å². The molecule has 1 heterocycles. The fraction of sp³-hybridized carbons (Fsp3) is 0.714. The Morgan fingerprint density at radius 3 is 2.83 bits per heavy atom. The standard InChI is InChI=1S/C14H21F2NO/c1-3-18-14-9-17(7-10(14)2)8-11-12(15)5-4-6-13(11)16/h5,10,14H,3-4,6-9H2,1-2H3. The van der Waals surface area contributed by atoms with Crippen molar-refractivity contribution in [2.75, 3.05) is 26.2 Å². The molecule has 2 aliphatic rings. The highest BCUT2D eigenvalue weighted by atomic mass is 19.1. The van der Waals surface area contributed by atoms with Gasteiger partial charge in [0.2, 0.25) is 0 Å². The number of nitrogens with zero attached hydrogens (tertiary/aromatic N) is 1. The third kappa shape index (κ3) is 2.98. The molecule has 0 bridgehead atoms. The van der Waals surface area contributed by atoms with Crippen LogP contribution in [-0.4, -0.2) is 37.2 Å². The molecule has 0 N–H and O–H groups in total. The summed E-state index contributed by atoms with van der Waals surface area (Å²) in [4.78, 5) is 2.08. The number of hydrogen-bond donors (Lipinski definition) is 0. The summed E-state index contributed by atoms with van der Waals surface area (Å²) in [5.74, 6) is -0.252. The first kappa shape index (κ1) is 13.7. The molecular formula is C14H21F2NO. The highest BCUT2D eigenvalue weighted by Gasteiger charge is 2.31. The summed E-state index contributed by atoms with van der Waals surface area (Å²) in [7, 11) is 0. The second-order valence-corrected chi connectivity index (χ2v) is 5.14. The fourth-order valence-corrected chi connectivity index (χ4v) is 2.71. The third-order valence-corrected chi connectivity index (χ3v) is 3.68. The largest absolute Gasteiger partial charge is 0.377 e. The Balaban J connectivity index is 1.97. The Labute approximate surface area is 107 Å². The van der Waals surface area contributed by atoms with E-state index in [2.05, 4.69) is 11.8 Å². The molecule has 102 valence electrons. The van der Waals surface area contributed by atoms with Crippen molar-refractivity contribution in [1.29, 1.82) is 0 Å². The third-order valence-electron chi connectivity index (χ3n) is 3.68. The summed E-state index contributed by atoms with van der Waals surface area (Å²) in [6.45, 7) is 6.75. The summed E-state index contributed by atoms with van der Waals surface area (Å²) in [5.41, 5.74) is 0.241. The van der Waals surface area contributed by atoms with E-state index in [1.165, 1.54) is 6.08 Å². The summed E-state index contributed by atoms with van der Waals surface area (Å²) in [5, 5.41) is 0. The van der Waals surface area contributed by atoms with Crippen LogP contribution in [0.4, 0.5) is 8.78 Å². The first-order chi connectivity index (χ1) is 8.61. The average Bonchev–Trinajstić information content (AvgIpc) is 2.66. The van der Waals surface area contributed by atoms with Gasteiger partial charge in [-0.25, -0.2) is 8.78 Å². The minimum Gasteiger partial charge on any atom is -0.377 e. The molecule has 18 heavy (non-hydrogen) atoms. The lowest BCUT2D eigenvalue weighted by atomic mass is 10.0. The molecule has 4 heteroatoms. The minimum atomic E-state index is -0.383. The van der Waals surface area contributed by atoms with E-state index in [0.717, 1.165) is 13.1 Å². The second-order valence-electron chi connectivity index (χ2n) is 5.14. The summed E-state index contributed by atoms with van der Waals surface area (Å²) in [6.07, 6.45) is 2.48. The van der Waals surface area contributed by atoms with Crippen molar-refractivity contribution in [2.45, 2.75) is 32.8 Å². The lowest BCUT2D eigenvalue weighted by molar-refractivity contribution is 0.0476. The van der Waals surface area contributed by atoms with Gasteiger partial charge in [0.05, 0.1) is 6.10 Å². The predicted molar refractivity (Wildman–Crippen MR) is 67.6 cm³/mol. The highest BCUT2D eigenvalue weighted by molar-refractivity contribution is 5.32. The molecule has 0 radical (unpaired) electrons. The van der Waals surface area contributed by atoms with Crippen molar-refractivity contribution >= 4 is 0 Å². The number of likely N-dealkylation sites (tertiary alicyclic amines) is 1. The molecule has 1 saturated heterocycles. The molecule has 0 amide bonds. The van der Waals surface area contributed by atoms with Gasteiger partial charge in [-0.05, 0) is 25.3 Å². The van der Waals surface area contributed by atoms with Crippen LogP contribution < -0.4 is 0 Å². The Morgan fingerprint density at radius 1 is 1.39 bits per heavy atom. The van der Waals surface area contributed by atoms with Crippen LogP contribution in [0, 0.1) is 5.92 Å². The van der Waals surface area contributed by atoms with Crippen LogP contribution >= 0.6 is 0 Å². The van der Waals surface area contributed by atoms with Crippen LogP contribution in [0.15, 0.2) is 23.3 Å². The molecule has 2 unspecified atom stereocenters. The number of halogens is 2. The van der Waals surface area contributed by atoms with Gasteiger partial charge in [0, 0.05) is 38.2 Å². The molecular weight excluding hydrogens is 236 g/mol. The zero-order valence-corrected chi connectivity index (χ0v) is 11.1. The first-order valence-electron chi connectivity index (χ1n) is 6.69. The van der Waals surface area contributed by atoms with E-state index in [9.17, 15) is 8.78 Å². The fourth-order valence-electron chi connectivity index (χ4n) is 2.71. The van der Waals surface area contributed by atoms with Crippen molar-refractivity contribution < 1.29 is 13.5 Å². The van der Waals surface area contributed by atoms with Gasteiger partial charge in [-0.1, -0.05) is 6.92 Å². The maximum absolute atomic E-state index is 13.6. The van der Waals surface area contributed by atoms with Crippen LogP contribution in [0.2, 0.25) is 0 Å². The van der Waals surface area contributed by atoms with E-state index in [-0.39, 0.29) is 23.3 Å². The number of rotatable bonds is 4. The van der Waals surface area contributed by atoms with Gasteiger partial charge in [0.1, 0.15) is 11.7 Å². The van der Waals surface area contributed by atoms with E-state index in [4.69, 9.17) is 4.74 Å². The van der Waals surface area contributed by atoms with Crippen LogP contribution in [-0.2, 0) is 4.74 Å². The average molecular weight is 257 g/mol. The number of ether oxygens (including phenoxy) is 1. The molecule has 0 aromatic rings. The zero-order chi connectivity index (χ0) is 13.1. The van der Waals surface area contributed by atoms with Crippen LogP contribution in [0.1, 0.15) is 26.7 Å². The van der Waals surface area contributed by atoms with Gasteiger partial charge in [0.15, 0.2) is 0 Å².